The first-order valence-corrected chi connectivity index (χ1v) is 8.74. The summed E-state index contributed by atoms with van der Waals surface area (Å²) in [5.74, 6) is 0.0261. The summed E-state index contributed by atoms with van der Waals surface area (Å²) >= 11 is 3.44. The largest absolute Gasteiger partial charge is 0.490 e. The summed E-state index contributed by atoms with van der Waals surface area (Å²) in [6.07, 6.45) is 2.58. The number of sulfonamides is 1. The molecule has 0 aromatic heterocycles. The van der Waals surface area contributed by atoms with E-state index >= 15 is 0 Å². The Bertz CT molecular complexity index is 649. The molecule has 1 fully saturated rings. The van der Waals surface area contributed by atoms with Crippen molar-refractivity contribution in [2.45, 2.75) is 35.0 Å². The van der Waals surface area contributed by atoms with E-state index in [0.29, 0.717) is 0 Å². The summed E-state index contributed by atoms with van der Waals surface area (Å²) in [7, 11) is -2.50. The van der Waals surface area contributed by atoms with E-state index in [9.17, 15) is 18.5 Å². The average Bonchev–Trinajstić information content (AvgIpc) is 2.82. The van der Waals surface area contributed by atoms with E-state index in [4.69, 9.17) is 4.74 Å². The molecule has 1 aliphatic carbocycles. The van der Waals surface area contributed by atoms with E-state index in [1.165, 1.54) is 19.2 Å². The standard InChI is InChI=1S/C12H15BrN2O5S/c1-20-12-6-5-8(7-11(12)15(16)17)21(18,19)14-10-4-2-3-9(10)13/h5-7,9-10,14H,2-4H2,1H3. The smallest absolute Gasteiger partial charge is 0.312 e. The fourth-order valence-corrected chi connectivity index (χ4v) is 4.52. The Morgan fingerprint density at radius 3 is 2.67 bits per heavy atom. The average molecular weight is 379 g/mol. The minimum atomic E-state index is -3.80. The van der Waals surface area contributed by atoms with Gasteiger partial charge in [0.25, 0.3) is 0 Å². The second-order valence-electron chi connectivity index (χ2n) is 4.77. The lowest BCUT2D eigenvalue weighted by Crippen LogP contribution is -2.37. The highest BCUT2D eigenvalue weighted by molar-refractivity contribution is 9.09. The van der Waals surface area contributed by atoms with E-state index in [0.717, 1.165) is 25.3 Å². The topological polar surface area (TPSA) is 98.5 Å². The van der Waals surface area contributed by atoms with E-state index in [1.807, 2.05) is 0 Å². The number of nitrogens with one attached hydrogen (secondary N) is 1. The van der Waals surface area contributed by atoms with Crippen LogP contribution >= 0.6 is 15.9 Å². The van der Waals surface area contributed by atoms with Crippen LogP contribution in [0.25, 0.3) is 0 Å². The molecule has 0 radical (unpaired) electrons. The molecular weight excluding hydrogens is 364 g/mol. The Labute approximate surface area is 131 Å². The lowest BCUT2D eigenvalue weighted by atomic mass is 10.3. The number of halogens is 1. The van der Waals surface area contributed by atoms with Crippen LogP contribution in [0.3, 0.4) is 0 Å². The van der Waals surface area contributed by atoms with Crippen molar-refractivity contribution in [2.75, 3.05) is 7.11 Å². The van der Waals surface area contributed by atoms with Gasteiger partial charge in [-0.05, 0) is 25.0 Å². The summed E-state index contributed by atoms with van der Waals surface area (Å²) in [6, 6.07) is 3.40. The molecule has 0 amide bonds. The molecular formula is C12H15BrN2O5S. The van der Waals surface area contributed by atoms with Gasteiger partial charge in [-0.15, -0.1) is 0 Å². The zero-order valence-electron chi connectivity index (χ0n) is 11.3. The quantitative estimate of drug-likeness (QED) is 0.481. The lowest BCUT2D eigenvalue weighted by Gasteiger charge is -2.16. The van der Waals surface area contributed by atoms with Crippen LogP contribution in [0.15, 0.2) is 23.1 Å². The first kappa shape index (κ1) is 16.2. The van der Waals surface area contributed by atoms with E-state index in [2.05, 4.69) is 20.7 Å². The molecule has 21 heavy (non-hydrogen) atoms. The molecule has 1 aromatic rings. The van der Waals surface area contributed by atoms with Crippen LogP contribution in [0.2, 0.25) is 0 Å². The van der Waals surface area contributed by atoms with Crippen molar-refractivity contribution < 1.29 is 18.1 Å². The number of hydrogen-bond donors (Lipinski definition) is 1. The van der Waals surface area contributed by atoms with Gasteiger partial charge in [-0.3, -0.25) is 10.1 Å². The molecule has 2 rings (SSSR count). The molecule has 2 atom stereocenters. The summed E-state index contributed by atoms with van der Waals surface area (Å²) in [4.78, 5) is 10.2. The van der Waals surface area contributed by atoms with Crippen LogP contribution in [0.4, 0.5) is 5.69 Å². The molecule has 116 valence electrons. The number of methoxy groups -OCH3 is 1. The maximum absolute atomic E-state index is 12.3. The summed E-state index contributed by atoms with van der Waals surface area (Å²) in [5, 5.41) is 11.0. The molecule has 0 heterocycles. The lowest BCUT2D eigenvalue weighted by molar-refractivity contribution is -0.386. The highest BCUT2D eigenvalue weighted by atomic mass is 79.9. The first-order valence-electron chi connectivity index (χ1n) is 6.34. The van der Waals surface area contributed by atoms with E-state index in [1.54, 1.807) is 0 Å². The van der Waals surface area contributed by atoms with Gasteiger partial charge in [0.15, 0.2) is 5.75 Å². The SMILES string of the molecule is COc1ccc(S(=O)(=O)NC2CCCC2Br)cc1[N+](=O)[O-]. The van der Waals surface area contributed by atoms with Gasteiger partial charge in [-0.25, -0.2) is 13.1 Å². The molecule has 1 saturated carbocycles. The highest BCUT2D eigenvalue weighted by Crippen LogP contribution is 2.31. The van der Waals surface area contributed by atoms with Crippen molar-refractivity contribution in [2.24, 2.45) is 0 Å². The fraction of sp³-hybridized carbons (Fsp3) is 0.500. The summed E-state index contributed by atoms with van der Waals surface area (Å²) in [5.41, 5.74) is -0.373. The molecule has 0 spiro atoms. The number of benzene rings is 1. The van der Waals surface area contributed by atoms with Crippen molar-refractivity contribution in [3.63, 3.8) is 0 Å². The minimum Gasteiger partial charge on any atom is -0.490 e. The van der Waals surface area contributed by atoms with Crippen LogP contribution in [0.5, 0.6) is 5.75 Å². The van der Waals surface area contributed by atoms with Gasteiger partial charge >= 0.3 is 5.69 Å². The Morgan fingerprint density at radius 2 is 2.14 bits per heavy atom. The monoisotopic (exact) mass is 378 g/mol. The molecule has 1 N–H and O–H groups in total. The molecule has 1 aromatic carbocycles. The molecule has 2 unspecified atom stereocenters. The van der Waals surface area contributed by atoms with Gasteiger partial charge < -0.3 is 4.74 Å². The van der Waals surface area contributed by atoms with Crippen molar-refractivity contribution >= 4 is 31.6 Å². The number of rotatable bonds is 5. The second kappa shape index (κ2) is 6.29. The third kappa shape index (κ3) is 3.53. The first-order chi connectivity index (χ1) is 9.85. The Hall–Kier alpha value is -1.19. The second-order valence-corrected chi connectivity index (χ2v) is 7.66. The van der Waals surface area contributed by atoms with Crippen LogP contribution in [-0.4, -0.2) is 31.3 Å². The Balaban J connectivity index is 2.31. The van der Waals surface area contributed by atoms with E-state index < -0.39 is 14.9 Å². The fourth-order valence-electron chi connectivity index (χ4n) is 2.29. The number of nitro groups is 1. The molecule has 1 aliphatic rings. The van der Waals surface area contributed by atoms with Crippen molar-refractivity contribution in [1.82, 2.24) is 4.72 Å². The number of nitro benzene ring substituents is 1. The highest BCUT2D eigenvalue weighted by Gasteiger charge is 2.30. The summed E-state index contributed by atoms with van der Waals surface area (Å²) in [6.45, 7) is 0. The maximum atomic E-state index is 12.3. The van der Waals surface area contributed by atoms with Crippen LogP contribution in [0.1, 0.15) is 19.3 Å². The maximum Gasteiger partial charge on any atom is 0.312 e. The van der Waals surface area contributed by atoms with Crippen molar-refractivity contribution in [1.29, 1.82) is 0 Å². The van der Waals surface area contributed by atoms with Crippen molar-refractivity contribution in [3.8, 4) is 5.75 Å². The number of alkyl halides is 1. The molecule has 7 nitrogen and oxygen atoms in total. The van der Waals surface area contributed by atoms with Crippen LogP contribution in [-0.2, 0) is 10.0 Å². The minimum absolute atomic E-state index is 0.0261. The zero-order chi connectivity index (χ0) is 15.6. The van der Waals surface area contributed by atoms with Gasteiger partial charge in [0.1, 0.15) is 0 Å². The van der Waals surface area contributed by atoms with Gasteiger partial charge in [0, 0.05) is 16.9 Å². The number of nitrogens with zero attached hydrogens (tertiary/aromatic N) is 1. The van der Waals surface area contributed by atoms with Gasteiger partial charge in [-0.1, -0.05) is 22.4 Å². The number of ether oxygens (including phenoxy) is 1. The van der Waals surface area contributed by atoms with Gasteiger partial charge in [-0.2, -0.15) is 0 Å². The van der Waals surface area contributed by atoms with Crippen molar-refractivity contribution in [3.05, 3.63) is 28.3 Å². The van der Waals surface area contributed by atoms with E-state index in [-0.39, 0.29) is 27.2 Å². The van der Waals surface area contributed by atoms with Gasteiger partial charge in [0.2, 0.25) is 10.0 Å². The molecule has 9 heteroatoms. The normalized spacial score (nSPS) is 22.2. The number of hydrogen-bond acceptors (Lipinski definition) is 5. The third-order valence-electron chi connectivity index (χ3n) is 3.40. The Morgan fingerprint density at radius 1 is 1.43 bits per heavy atom. The third-order valence-corrected chi connectivity index (χ3v) is 5.98. The Kier molecular flexibility index (Phi) is 4.84. The molecule has 0 aliphatic heterocycles. The molecule has 0 saturated heterocycles. The molecule has 0 bridgehead atoms. The summed E-state index contributed by atoms with van der Waals surface area (Å²) < 4.78 is 32.1. The van der Waals surface area contributed by atoms with Crippen LogP contribution < -0.4 is 9.46 Å². The predicted molar refractivity (Wildman–Crippen MR) is 80.3 cm³/mol. The predicted octanol–water partition coefficient (Wildman–Crippen LogP) is 2.20. The van der Waals surface area contributed by atoms with Gasteiger partial charge in [0.05, 0.1) is 16.9 Å². The van der Waals surface area contributed by atoms with Crippen LogP contribution in [0, 0.1) is 10.1 Å². The zero-order valence-corrected chi connectivity index (χ0v) is 13.7.